The zero-order valence-electron chi connectivity index (χ0n) is 8.20. The van der Waals surface area contributed by atoms with Crippen LogP contribution in [0.25, 0.3) is 0 Å². The molecule has 0 aromatic rings. The molecule has 4 nitrogen and oxygen atoms in total. The number of carbonyl (C=O) groups excluding carboxylic acids is 2. The van der Waals surface area contributed by atoms with E-state index < -0.39 is 23.0 Å². The molecular weight excluding hydrogens is 184 g/mol. The van der Waals surface area contributed by atoms with Crippen molar-refractivity contribution in [3.8, 4) is 0 Å². The Morgan fingerprint density at radius 1 is 1.36 bits per heavy atom. The Kier molecular flexibility index (Phi) is 1.22. The molecule has 2 bridgehead atoms. The van der Waals surface area contributed by atoms with Gasteiger partial charge < -0.3 is 9.47 Å². The van der Waals surface area contributed by atoms with Crippen molar-refractivity contribution in [2.45, 2.75) is 38.4 Å². The Bertz CT molecular complexity index is 350. The van der Waals surface area contributed by atoms with Crippen LogP contribution < -0.4 is 0 Å². The highest BCUT2D eigenvalue weighted by molar-refractivity contribution is 6.00. The van der Waals surface area contributed by atoms with Crippen LogP contribution >= 0.6 is 0 Å². The number of fused-ring (bicyclic) bond motifs is 5. The van der Waals surface area contributed by atoms with E-state index in [9.17, 15) is 9.59 Å². The molecule has 0 aromatic carbocycles. The summed E-state index contributed by atoms with van der Waals surface area (Å²) in [5.74, 6) is -1.19. The summed E-state index contributed by atoms with van der Waals surface area (Å²) in [6.07, 6.45) is 1.57. The second-order valence-corrected chi connectivity index (χ2v) is 4.88. The van der Waals surface area contributed by atoms with Crippen molar-refractivity contribution in [3.63, 3.8) is 0 Å². The van der Waals surface area contributed by atoms with Gasteiger partial charge in [0, 0.05) is 0 Å². The van der Waals surface area contributed by atoms with Crippen LogP contribution in [0.1, 0.15) is 26.7 Å². The topological polar surface area (TPSA) is 52.6 Å². The number of cyclic esters (lactones) is 2. The molecule has 0 aromatic heterocycles. The Balaban J connectivity index is 2.16. The van der Waals surface area contributed by atoms with Gasteiger partial charge in [-0.05, 0) is 26.7 Å². The summed E-state index contributed by atoms with van der Waals surface area (Å²) >= 11 is 0. The molecule has 0 amide bonds. The Morgan fingerprint density at radius 2 is 2.07 bits per heavy atom. The third-order valence-electron chi connectivity index (χ3n) is 4.06. The van der Waals surface area contributed by atoms with Crippen LogP contribution in [0, 0.1) is 11.3 Å². The van der Waals surface area contributed by atoms with Gasteiger partial charge in [0.2, 0.25) is 0 Å². The summed E-state index contributed by atoms with van der Waals surface area (Å²) in [5, 5.41) is 0. The van der Waals surface area contributed by atoms with Crippen LogP contribution in [0.2, 0.25) is 0 Å². The molecule has 3 heterocycles. The quantitative estimate of drug-likeness (QED) is 0.421. The lowest BCUT2D eigenvalue weighted by molar-refractivity contribution is -0.160. The lowest BCUT2D eigenvalue weighted by atomic mass is 9.64. The van der Waals surface area contributed by atoms with Gasteiger partial charge in [-0.1, -0.05) is 0 Å². The summed E-state index contributed by atoms with van der Waals surface area (Å²) in [6.45, 7) is 3.70. The maximum absolute atomic E-state index is 11.6. The number of esters is 2. The molecule has 3 aliphatic rings. The van der Waals surface area contributed by atoms with E-state index in [4.69, 9.17) is 9.47 Å². The summed E-state index contributed by atoms with van der Waals surface area (Å²) in [5.41, 5.74) is -1.19. The molecule has 3 aliphatic heterocycles. The number of hydrogen-bond donors (Lipinski definition) is 0. The summed E-state index contributed by atoms with van der Waals surface area (Å²) < 4.78 is 10.5. The second-order valence-electron chi connectivity index (χ2n) is 4.88. The first-order valence-corrected chi connectivity index (χ1v) is 4.92. The van der Waals surface area contributed by atoms with Gasteiger partial charge in [0.1, 0.15) is 11.3 Å². The van der Waals surface area contributed by atoms with Crippen molar-refractivity contribution < 1.29 is 19.1 Å². The average Bonchev–Trinajstić information content (AvgIpc) is 2.62. The van der Waals surface area contributed by atoms with E-state index in [-0.39, 0.29) is 12.0 Å². The summed E-state index contributed by atoms with van der Waals surface area (Å²) in [7, 11) is 0. The highest BCUT2D eigenvalue weighted by Gasteiger charge is 2.73. The van der Waals surface area contributed by atoms with Crippen LogP contribution in [0.5, 0.6) is 0 Å². The van der Waals surface area contributed by atoms with E-state index in [1.807, 2.05) is 6.92 Å². The molecule has 3 saturated heterocycles. The van der Waals surface area contributed by atoms with Gasteiger partial charge in [0.05, 0.1) is 11.7 Å². The molecule has 76 valence electrons. The van der Waals surface area contributed by atoms with Gasteiger partial charge in [0.25, 0.3) is 0 Å². The fourth-order valence-electron chi connectivity index (χ4n) is 3.32. The Hall–Kier alpha value is -0.900. The zero-order valence-corrected chi connectivity index (χ0v) is 8.20. The lowest BCUT2D eigenvalue weighted by Gasteiger charge is -2.30. The Labute approximate surface area is 81.6 Å². The molecule has 0 aliphatic carbocycles. The van der Waals surface area contributed by atoms with Crippen LogP contribution in [-0.4, -0.2) is 23.6 Å². The summed E-state index contributed by atoms with van der Waals surface area (Å²) in [6, 6.07) is 0. The van der Waals surface area contributed by atoms with Crippen molar-refractivity contribution in [2.24, 2.45) is 11.3 Å². The van der Waals surface area contributed by atoms with E-state index in [2.05, 4.69) is 0 Å². The van der Waals surface area contributed by atoms with E-state index in [1.165, 1.54) is 0 Å². The van der Waals surface area contributed by atoms with Crippen molar-refractivity contribution in [2.75, 3.05) is 0 Å². The minimum Gasteiger partial charge on any atom is -0.392 e. The standard InChI is InChI=1S/C10H12O4/c1-9-4-3-5(14-9)10(2)6(9)7(11)13-8(10)12/h5-6H,3-4H2,1-2H3/t5-,6+,9+,10+/m1/s1. The van der Waals surface area contributed by atoms with Crippen molar-refractivity contribution in [1.29, 1.82) is 0 Å². The van der Waals surface area contributed by atoms with Gasteiger partial charge in [-0.25, -0.2) is 0 Å². The highest BCUT2D eigenvalue weighted by atomic mass is 16.6. The molecule has 0 saturated carbocycles. The summed E-state index contributed by atoms with van der Waals surface area (Å²) in [4.78, 5) is 23.1. The molecule has 0 radical (unpaired) electrons. The van der Waals surface area contributed by atoms with E-state index >= 15 is 0 Å². The molecule has 4 atom stereocenters. The Morgan fingerprint density at radius 3 is 2.71 bits per heavy atom. The minimum absolute atomic E-state index is 0.128. The van der Waals surface area contributed by atoms with Gasteiger partial charge in [-0.3, -0.25) is 9.59 Å². The number of ether oxygens (including phenoxy) is 2. The van der Waals surface area contributed by atoms with Crippen LogP contribution in [0.4, 0.5) is 0 Å². The molecule has 3 fully saturated rings. The number of carbonyl (C=O) groups is 2. The van der Waals surface area contributed by atoms with Gasteiger partial charge in [-0.15, -0.1) is 0 Å². The van der Waals surface area contributed by atoms with Crippen molar-refractivity contribution >= 4 is 11.9 Å². The monoisotopic (exact) mass is 196 g/mol. The molecule has 0 N–H and O–H groups in total. The molecular formula is C10H12O4. The second kappa shape index (κ2) is 2.03. The largest absolute Gasteiger partial charge is 0.392 e. The number of hydrogen-bond acceptors (Lipinski definition) is 4. The molecule has 0 unspecified atom stereocenters. The van der Waals surface area contributed by atoms with E-state index in [1.54, 1.807) is 6.92 Å². The molecule has 3 rings (SSSR count). The lowest BCUT2D eigenvalue weighted by Crippen LogP contribution is -2.44. The molecule has 14 heavy (non-hydrogen) atoms. The predicted octanol–water partition coefficient (Wildman–Crippen LogP) is 0.644. The third kappa shape index (κ3) is 0.639. The molecule has 4 heteroatoms. The van der Waals surface area contributed by atoms with Gasteiger partial charge in [-0.2, -0.15) is 0 Å². The zero-order chi connectivity index (χ0) is 10.1. The van der Waals surface area contributed by atoms with Crippen LogP contribution in [0.15, 0.2) is 0 Å². The maximum Gasteiger partial charge on any atom is 0.323 e. The highest BCUT2D eigenvalue weighted by Crippen LogP contribution is 2.61. The van der Waals surface area contributed by atoms with Gasteiger partial charge in [0.15, 0.2) is 0 Å². The third-order valence-corrected chi connectivity index (χ3v) is 4.06. The fourth-order valence-corrected chi connectivity index (χ4v) is 3.32. The molecule has 0 spiro atoms. The maximum atomic E-state index is 11.6. The average molecular weight is 196 g/mol. The first-order chi connectivity index (χ1) is 6.48. The first kappa shape index (κ1) is 8.41. The van der Waals surface area contributed by atoms with Crippen molar-refractivity contribution in [1.82, 2.24) is 0 Å². The first-order valence-electron chi connectivity index (χ1n) is 4.92. The number of rotatable bonds is 0. The minimum atomic E-state index is -0.718. The SMILES string of the molecule is C[C@@]12C(=O)OC(=O)[C@H]1[C@]1(C)CC[C@H]2O1. The fraction of sp³-hybridized carbons (Fsp3) is 0.800. The van der Waals surface area contributed by atoms with Gasteiger partial charge >= 0.3 is 11.9 Å². The van der Waals surface area contributed by atoms with Crippen molar-refractivity contribution in [3.05, 3.63) is 0 Å². The van der Waals surface area contributed by atoms with Crippen LogP contribution in [-0.2, 0) is 19.1 Å². The normalized spacial score (nSPS) is 55.0. The van der Waals surface area contributed by atoms with E-state index in [0.717, 1.165) is 12.8 Å². The predicted molar refractivity (Wildman–Crippen MR) is 45.2 cm³/mol. The smallest absolute Gasteiger partial charge is 0.323 e. The van der Waals surface area contributed by atoms with Crippen LogP contribution in [0.3, 0.4) is 0 Å². The van der Waals surface area contributed by atoms with E-state index in [0.29, 0.717) is 0 Å².